The molecular weight excluding hydrogens is 496 g/mol. The predicted molar refractivity (Wildman–Crippen MR) is 128 cm³/mol. The normalized spacial score (nSPS) is 21.1. The van der Waals surface area contributed by atoms with Crippen LogP contribution in [0.5, 0.6) is 0 Å². The number of carbonyl (C=O) groups excluding carboxylic acids is 1. The summed E-state index contributed by atoms with van der Waals surface area (Å²) >= 11 is 6.10. The molecule has 3 aromatic rings. The van der Waals surface area contributed by atoms with Gasteiger partial charge in [-0.3, -0.25) is 13.7 Å². The van der Waals surface area contributed by atoms with Crippen LogP contribution in [-0.2, 0) is 14.5 Å². The second kappa shape index (κ2) is 10.4. The summed E-state index contributed by atoms with van der Waals surface area (Å²) in [7, 11) is -4.10. The van der Waals surface area contributed by atoms with E-state index in [0.717, 1.165) is 5.56 Å². The SMILES string of the molecule is C[C@H](c1cccc(Cl)c1)n1ccc(C(=O)c2cncnc2N[C@@H]2C[C@H](COS(N)(=O)=O)[C@@H](O)C2)n1. The Morgan fingerprint density at radius 3 is 2.91 bits per heavy atom. The topological polar surface area (TPSA) is 162 Å². The fourth-order valence-electron chi connectivity index (χ4n) is 4.12. The highest BCUT2D eigenvalue weighted by molar-refractivity contribution is 7.84. The van der Waals surface area contributed by atoms with Gasteiger partial charge in [0.1, 0.15) is 17.8 Å². The Labute approximate surface area is 207 Å². The fraction of sp³-hybridized carbons (Fsp3) is 0.364. The first kappa shape index (κ1) is 25.2. The molecule has 0 radical (unpaired) electrons. The van der Waals surface area contributed by atoms with Crippen molar-refractivity contribution in [2.24, 2.45) is 11.1 Å². The number of aliphatic hydroxyl groups excluding tert-OH is 1. The minimum atomic E-state index is -4.10. The molecule has 35 heavy (non-hydrogen) atoms. The number of nitrogens with one attached hydrogen (secondary N) is 1. The molecule has 0 bridgehead atoms. The predicted octanol–water partition coefficient (Wildman–Crippen LogP) is 1.94. The molecule has 1 aliphatic rings. The maximum absolute atomic E-state index is 13.2. The molecule has 0 unspecified atom stereocenters. The van der Waals surface area contributed by atoms with Gasteiger partial charge in [0.2, 0.25) is 5.78 Å². The number of ketones is 1. The van der Waals surface area contributed by atoms with Crippen molar-refractivity contribution in [3.8, 4) is 0 Å². The van der Waals surface area contributed by atoms with Crippen molar-refractivity contribution in [1.29, 1.82) is 0 Å². The zero-order chi connectivity index (χ0) is 25.2. The molecule has 4 atom stereocenters. The van der Waals surface area contributed by atoms with E-state index in [0.29, 0.717) is 23.7 Å². The van der Waals surface area contributed by atoms with Crippen molar-refractivity contribution in [3.63, 3.8) is 0 Å². The minimum Gasteiger partial charge on any atom is -0.393 e. The number of hydrogen-bond donors (Lipinski definition) is 3. The Balaban J connectivity index is 1.47. The van der Waals surface area contributed by atoms with Crippen LogP contribution < -0.4 is 10.5 Å². The maximum Gasteiger partial charge on any atom is 0.333 e. The number of benzene rings is 1. The first-order chi connectivity index (χ1) is 16.6. The highest BCUT2D eigenvalue weighted by atomic mass is 35.5. The van der Waals surface area contributed by atoms with Crippen LogP contribution in [0.4, 0.5) is 5.82 Å². The van der Waals surface area contributed by atoms with Gasteiger partial charge in [-0.25, -0.2) is 15.1 Å². The average Bonchev–Trinajstić information content (AvgIpc) is 3.43. The number of nitrogens with zero attached hydrogens (tertiary/aromatic N) is 4. The summed E-state index contributed by atoms with van der Waals surface area (Å²) in [6.07, 6.45) is 4.37. The summed E-state index contributed by atoms with van der Waals surface area (Å²) in [5.41, 5.74) is 1.40. The molecule has 1 saturated carbocycles. The van der Waals surface area contributed by atoms with Gasteiger partial charge >= 0.3 is 10.3 Å². The van der Waals surface area contributed by atoms with E-state index < -0.39 is 22.3 Å². The van der Waals surface area contributed by atoms with E-state index in [1.54, 1.807) is 23.0 Å². The zero-order valence-electron chi connectivity index (χ0n) is 18.8. The van der Waals surface area contributed by atoms with Gasteiger partial charge in [0.15, 0.2) is 0 Å². The van der Waals surface area contributed by atoms with Gasteiger partial charge in [0.05, 0.1) is 24.3 Å². The van der Waals surface area contributed by atoms with Gasteiger partial charge in [0.25, 0.3) is 0 Å². The minimum absolute atomic E-state index is 0.142. The highest BCUT2D eigenvalue weighted by Crippen LogP contribution is 2.30. The van der Waals surface area contributed by atoms with Crippen molar-refractivity contribution >= 4 is 33.5 Å². The Kier molecular flexibility index (Phi) is 7.47. The smallest absolute Gasteiger partial charge is 0.333 e. The van der Waals surface area contributed by atoms with Crippen molar-refractivity contribution in [2.45, 2.75) is 38.0 Å². The molecule has 0 spiro atoms. The van der Waals surface area contributed by atoms with E-state index in [1.807, 2.05) is 25.1 Å². The number of hydrogen-bond acceptors (Lipinski definition) is 9. The third-order valence-electron chi connectivity index (χ3n) is 5.97. The number of aromatic nitrogens is 4. The van der Waals surface area contributed by atoms with Crippen molar-refractivity contribution in [1.82, 2.24) is 19.7 Å². The standard InChI is InChI=1S/C22H25ClN6O5S/c1-13(14-3-2-4-16(23)7-14)29-6-5-19(28-29)21(31)18-10-25-12-26-22(18)27-17-8-15(20(30)9-17)11-34-35(24,32)33/h2-7,10,12-13,15,17,20,30H,8-9,11H2,1H3,(H2,24,32,33)(H,25,26,27)/t13-,15-,17-,20+/m1/s1. The molecule has 0 aliphatic heterocycles. The Bertz CT molecular complexity index is 1320. The van der Waals surface area contributed by atoms with Gasteiger partial charge < -0.3 is 10.4 Å². The second-order valence-corrected chi connectivity index (χ2v) is 10.1. The first-order valence-electron chi connectivity index (χ1n) is 10.9. The van der Waals surface area contributed by atoms with Gasteiger partial charge in [0, 0.05) is 29.4 Å². The van der Waals surface area contributed by atoms with Crippen LogP contribution in [0.15, 0.2) is 49.1 Å². The van der Waals surface area contributed by atoms with Gasteiger partial charge in [-0.1, -0.05) is 23.7 Å². The number of aliphatic hydroxyl groups is 1. The number of halogens is 1. The molecule has 2 aromatic heterocycles. The van der Waals surface area contributed by atoms with E-state index in [-0.39, 0.29) is 35.7 Å². The van der Waals surface area contributed by atoms with E-state index in [9.17, 15) is 18.3 Å². The number of rotatable bonds is 9. The van der Waals surface area contributed by atoms with Crippen LogP contribution in [-0.4, -0.2) is 57.8 Å². The van der Waals surface area contributed by atoms with Crippen molar-refractivity contribution in [2.75, 3.05) is 11.9 Å². The lowest BCUT2D eigenvalue weighted by Crippen LogP contribution is -2.24. The summed E-state index contributed by atoms with van der Waals surface area (Å²) in [5, 5.41) is 23.4. The van der Waals surface area contributed by atoms with Crippen LogP contribution in [0.25, 0.3) is 0 Å². The van der Waals surface area contributed by atoms with E-state index in [1.165, 1.54) is 12.5 Å². The molecule has 4 N–H and O–H groups in total. The molecule has 1 aliphatic carbocycles. The van der Waals surface area contributed by atoms with Crippen LogP contribution in [0, 0.1) is 5.92 Å². The average molecular weight is 521 g/mol. The molecule has 13 heteroatoms. The lowest BCUT2D eigenvalue weighted by molar-refractivity contribution is 0.101. The maximum atomic E-state index is 13.2. The molecule has 4 rings (SSSR count). The number of carbonyl (C=O) groups is 1. The number of nitrogens with two attached hydrogens (primary N) is 1. The largest absolute Gasteiger partial charge is 0.393 e. The van der Waals surface area contributed by atoms with Crippen LogP contribution in [0.3, 0.4) is 0 Å². The quantitative estimate of drug-likeness (QED) is 0.358. The molecule has 0 saturated heterocycles. The second-order valence-electron chi connectivity index (χ2n) is 8.44. The molecule has 1 aromatic carbocycles. The Morgan fingerprint density at radius 2 is 2.17 bits per heavy atom. The van der Waals surface area contributed by atoms with Crippen molar-refractivity contribution < 1.29 is 22.5 Å². The third-order valence-corrected chi connectivity index (χ3v) is 6.67. The number of anilines is 1. The Morgan fingerprint density at radius 1 is 1.37 bits per heavy atom. The zero-order valence-corrected chi connectivity index (χ0v) is 20.4. The summed E-state index contributed by atoms with van der Waals surface area (Å²) in [6, 6.07) is 8.65. The van der Waals surface area contributed by atoms with Crippen LogP contribution in [0.1, 0.15) is 47.4 Å². The molecule has 0 amide bonds. The van der Waals surface area contributed by atoms with Crippen molar-refractivity contribution in [3.05, 3.63) is 70.9 Å². The van der Waals surface area contributed by atoms with Gasteiger partial charge in [-0.15, -0.1) is 0 Å². The molecule has 2 heterocycles. The summed E-state index contributed by atoms with van der Waals surface area (Å²) < 4.78 is 28.4. The van der Waals surface area contributed by atoms with Crippen LogP contribution >= 0.6 is 11.6 Å². The van der Waals surface area contributed by atoms with Crippen LogP contribution in [0.2, 0.25) is 5.02 Å². The molecular formula is C22H25ClN6O5S. The highest BCUT2D eigenvalue weighted by Gasteiger charge is 2.35. The lowest BCUT2D eigenvalue weighted by Gasteiger charge is -2.15. The van der Waals surface area contributed by atoms with E-state index in [2.05, 4.69) is 24.6 Å². The molecule has 186 valence electrons. The third kappa shape index (κ3) is 6.21. The monoisotopic (exact) mass is 520 g/mol. The first-order valence-corrected chi connectivity index (χ1v) is 12.7. The summed E-state index contributed by atoms with van der Waals surface area (Å²) in [4.78, 5) is 21.4. The summed E-state index contributed by atoms with van der Waals surface area (Å²) in [5.74, 6) is -0.499. The van der Waals surface area contributed by atoms with Gasteiger partial charge in [-0.05, 0) is 43.5 Å². The van der Waals surface area contributed by atoms with E-state index >= 15 is 0 Å². The fourth-order valence-corrected chi connectivity index (χ4v) is 4.68. The lowest BCUT2D eigenvalue weighted by atomic mass is 10.1. The summed E-state index contributed by atoms with van der Waals surface area (Å²) in [6.45, 7) is 1.73. The van der Waals surface area contributed by atoms with Gasteiger partial charge in [-0.2, -0.15) is 13.5 Å². The van der Waals surface area contributed by atoms with E-state index in [4.69, 9.17) is 16.7 Å². The molecule has 11 nitrogen and oxygen atoms in total. The Hall–Kier alpha value is -2.90. The molecule has 1 fully saturated rings.